The molecule has 3 heterocycles. The lowest BCUT2D eigenvalue weighted by Gasteiger charge is -2.33. The van der Waals surface area contributed by atoms with E-state index < -0.39 is 0 Å². The van der Waals surface area contributed by atoms with E-state index in [1.165, 1.54) is 31.9 Å². The molecular weight excluding hydrogens is 470 g/mol. The molecule has 0 spiro atoms. The first kappa shape index (κ1) is 23.1. The first-order valence-corrected chi connectivity index (χ1v) is 10.2. The highest BCUT2D eigenvalue weighted by molar-refractivity contribution is 14.0. The molecule has 2 atom stereocenters. The van der Waals surface area contributed by atoms with Crippen molar-refractivity contribution in [3.05, 3.63) is 24.1 Å². The molecule has 0 radical (unpaired) electrons. The minimum absolute atomic E-state index is 0. The molecule has 2 N–H and O–H groups in total. The fourth-order valence-electron chi connectivity index (χ4n) is 4.05. The standard InChI is InChI=1S/C20H33FN6.HI/c1-16-7-3-4-12-26(16)13-6-11-24-20(22-2)25-17-9-14-27(15-17)19-18(21)8-5-10-23-19;/h5,8,10,16-17H,3-4,6-7,9,11-15H2,1-2H3,(H2,22,24,25);1H. The van der Waals surface area contributed by atoms with E-state index in [4.69, 9.17) is 0 Å². The molecule has 0 amide bonds. The van der Waals surface area contributed by atoms with Crippen LogP contribution in [0.25, 0.3) is 0 Å². The lowest BCUT2D eigenvalue weighted by Crippen LogP contribution is -2.45. The van der Waals surface area contributed by atoms with Gasteiger partial charge in [-0.1, -0.05) is 6.42 Å². The molecule has 3 rings (SSSR count). The predicted octanol–water partition coefficient (Wildman–Crippen LogP) is 2.85. The van der Waals surface area contributed by atoms with Gasteiger partial charge in [-0.05, 0) is 51.3 Å². The van der Waals surface area contributed by atoms with Gasteiger partial charge in [0, 0.05) is 51.5 Å². The Kier molecular flexibility index (Phi) is 9.70. The molecule has 2 aliphatic heterocycles. The number of nitrogens with one attached hydrogen (secondary N) is 2. The maximum Gasteiger partial charge on any atom is 0.191 e. The largest absolute Gasteiger partial charge is 0.356 e. The maximum atomic E-state index is 13.9. The zero-order chi connectivity index (χ0) is 19.1. The van der Waals surface area contributed by atoms with Gasteiger partial charge in [-0.25, -0.2) is 9.37 Å². The fraction of sp³-hybridized carbons (Fsp3) is 0.700. The molecule has 0 aliphatic carbocycles. The van der Waals surface area contributed by atoms with Gasteiger partial charge >= 0.3 is 0 Å². The molecule has 1 aromatic heterocycles. The van der Waals surface area contributed by atoms with E-state index in [1.807, 2.05) is 4.90 Å². The molecular formula is C20H34FIN6. The molecule has 2 saturated heterocycles. The molecule has 1 aromatic rings. The Morgan fingerprint density at radius 1 is 1.32 bits per heavy atom. The fourth-order valence-corrected chi connectivity index (χ4v) is 4.05. The van der Waals surface area contributed by atoms with Gasteiger partial charge in [0.2, 0.25) is 0 Å². The normalized spacial score (nSPS) is 23.4. The molecule has 2 fully saturated rings. The zero-order valence-electron chi connectivity index (χ0n) is 17.0. The number of nitrogens with zero attached hydrogens (tertiary/aromatic N) is 4. The van der Waals surface area contributed by atoms with Crippen molar-refractivity contribution < 1.29 is 4.39 Å². The lowest BCUT2D eigenvalue weighted by molar-refractivity contribution is 0.159. The summed E-state index contributed by atoms with van der Waals surface area (Å²) in [6.07, 6.45) is 7.72. The van der Waals surface area contributed by atoms with Crippen LogP contribution in [0.5, 0.6) is 0 Å². The number of hydrogen-bond donors (Lipinski definition) is 2. The minimum Gasteiger partial charge on any atom is -0.356 e. The van der Waals surface area contributed by atoms with Crippen LogP contribution in [0.2, 0.25) is 0 Å². The summed E-state index contributed by atoms with van der Waals surface area (Å²) in [5, 5.41) is 6.89. The predicted molar refractivity (Wildman–Crippen MR) is 124 cm³/mol. The first-order valence-electron chi connectivity index (χ1n) is 10.2. The average Bonchev–Trinajstić information content (AvgIpc) is 3.14. The molecule has 6 nitrogen and oxygen atoms in total. The highest BCUT2D eigenvalue weighted by Crippen LogP contribution is 2.20. The summed E-state index contributed by atoms with van der Waals surface area (Å²) in [6, 6.07) is 4.06. The van der Waals surface area contributed by atoms with E-state index in [1.54, 1.807) is 19.3 Å². The number of aliphatic imine (C=N–C) groups is 1. The van der Waals surface area contributed by atoms with Crippen molar-refractivity contribution >= 4 is 35.8 Å². The van der Waals surface area contributed by atoms with Gasteiger partial charge in [0.05, 0.1) is 0 Å². The van der Waals surface area contributed by atoms with Crippen molar-refractivity contribution in [3.8, 4) is 0 Å². The summed E-state index contributed by atoms with van der Waals surface area (Å²) in [4.78, 5) is 13.1. The Labute approximate surface area is 185 Å². The number of anilines is 1. The molecule has 0 saturated carbocycles. The average molecular weight is 504 g/mol. The summed E-state index contributed by atoms with van der Waals surface area (Å²) in [7, 11) is 1.80. The molecule has 2 aliphatic rings. The van der Waals surface area contributed by atoms with Crippen molar-refractivity contribution in [1.82, 2.24) is 20.5 Å². The summed E-state index contributed by atoms with van der Waals surface area (Å²) in [5.74, 6) is 1.02. The Bertz CT molecular complexity index is 628. The van der Waals surface area contributed by atoms with Crippen molar-refractivity contribution in [2.45, 2.75) is 51.1 Å². The van der Waals surface area contributed by atoms with Gasteiger partial charge in [-0.3, -0.25) is 4.99 Å². The third kappa shape index (κ3) is 6.43. The summed E-state index contributed by atoms with van der Waals surface area (Å²) in [6.45, 7) is 7.16. The van der Waals surface area contributed by atoms with E-state index in [2.05, 4.69) is 32.4 Å². The Hall–Kier alpha value is -1.16. The van der Waals surface area contributed by atoms with Gasteiger partial charge in [0.25, 0.3) is 0 Å². The van der Waals surface area contributed by atoms with Gasteiger partial charge in [-0.2, -0.15) is 0 Å². The number of hydrogen-bond acceptors (Lipinski definition) is 4. The Morgan fingerprint density at radius 3 is 2.93 bits per heavy atom. The van der Waals surface area contributed by atoms with Crippen LogP contribution in [0.4, 0.5) is 10.2 Å². The van der Waals surface area contributed by atoms with Crippen LogP contribution >= 0.6 is 24.0 Å². The maximum absolute atomic E-state index is 13.9. The second-order valence-electron chi connectivity index (χ2n) is 7.62. The van der Waals surface area contributed by atoms with Crippen LogP contribution in [0.3, 0.4) is 0 Å². The number of piperidine rings is 1. The number of halogens is 2. The van der Waals surface area contributed by atoms with Crippen molar-refractivity contribution in [2.24, 2.45) is 4.99 Å². The number of aromatic nitrogens is 1. The van der Waals surface area contributed by atoms with Gasteiger partial charge in [0.1, 0.15) is 0 Å². The van der Waals surface area contributed by atoms with E-state index in [0.29, 0.717) is 11.9 Å². The SMILES string of the molecule is CN=C(NCCCN1CCCCC1C)NC1CCN(c2ncccc2F)C1.I. The van der Waals surface area contributed by atoms with Crippen LogP contribution in [-0.2, 0) is 0 Å². The second kappa shape index (κ2) is 11.7. The molecule has 28 heavy (non-hydrogen) atoms. The van der Waals surface area contributed by atoms with Crippen LogP contribution in [0.1, 0.15) is 39.0 Å². The Morgan fingerprint density at radius 2 is 2.18 bits per heavy atom. The highest BCUT2D eigenvalue weighted by atomic mass is 127. The van der Waals surface area contributed by atoms with Gasteiger partial charge < -0.3 is 20.4 Å². The summed E-state index contributed by atoms with van der Waals surface area (Å²) >= 11 is 0. The number of guanidine groups is 1. The molecule has 8 heteroatoms. The monoisotopic (exact) mass is 504 g/mol. The lowest BCUT2D eigenvalue weighted by atomic mass is 10.0. The van der Waals surface area contributed by atoms with E-state index in [0.717, 1.165) is 45.0 Å². The quantitative estimate of drug-likeness (QED) is 0.270. The van der Waals surface area contributed by atoms with E-state index in [-0.39, 0.29) is 35.8 Å². The summed E-state index contributed by atoms with van der Waals surface area (Å²) in [5.41, 5.74) is 0. The zero-order valence-corrected chi connectivity index (χ0v) is 19.4. The van der Waals surface area contributed by atoms with E-state index in [9.17, 15) is 4.39 Å². The van der Waals surface area contributed by atoms with Crippen LogP contribution in [-0.4, -0.2) is 67.7 Å². The van der Waals surface area contributed by atoms with E-state index >= 15 is 0 Å². The number of likely N-dealkylation sites (tertiary alicyclic amines) is 1. The van der Waals surface area contributed by atoms with Crippen LogP contribution in [0.15, 0.2) is 23.3 Å². The first-order chi connectivity index (χ1) is 13.2. The van der Waals surface area contributed by atoms with Gasteiger partial charge in [0.15, 0.2) is 17.6 Å². The molecule has 2 unspecified atom stereocenters. The van der Waals surface area contributed by atoms with Crippen LogP contribution < -0.4 is 15.5 Å². The van der Waals surface area contributed by atoms with Crippen LogP contribution in [0, 0.1) is 5.82 Å². The Balaban J connectivity index is 0.00000280. The highest BCUT2D eigenvalue weighted by Gasteiger charge is 2.26. The summed E-state index contributed by atoms with van der Waals surface area (Å²) < 4.78 is 13.9. The molecule has 158 valence electrons. The van der Waals surface area contributed by atoms with Crippen molar-refractivity contribution in [1.29, 1.82) is 0 Å². The topological polar surface area (TPSA) is 55.8 Å². The van der Waals surface area contributed by atoms with Gasteiger partial charge in [-0.15, -0.1) is 24.0 Å². The third-order valence-electron chi connectivity index (χ3n) is 5.65. The molecule has 0 bridgehead atoms. The minimum atomic E-state index is -0.257. The second-order valence-corrected chi connectivity index (χ2v) is 7.62. The third-order valence-corrected chi connectivity index (χ3v) is 5.65. The smallest absolute Gasteiger partial charge is 0.191 e. The molecule has 0 aromatic carbocycles. The van der Waals surface area contributed by atoms with Crippen molar-refractivity contribution in [3.63, 3.8) is 0 Å². The number of pyridine rings is 1. The van der Waals surface area contributed by atoms with Crippen molar-refractivity contribution in [2.75, 3.05) is 44.7 Å². The number of rotatable bonds is 6.